The van der Waals surface area contributed by atoms with Gasteiger partial charge in [-0.25, -0.2) is 68.2 Å². The fourth-order valence-electron chi connectivity index (χ4n) is 7.00. The third kappa shape index (κ3) is 74.4. The summed E-state index contributed by atoms with van der Waals surface area (Å²) in [5.74, 6) is -3.67. The van der Waals surface area contributed by atoms with Crippen molar-refractivity contribution in [2.45, 2.75) is 229 Å². The third-order valence-electron chi connectivity index (χ3n) is 12.0. The van der Waals surface area contributed by atoms with E-state index in [0.29, 0.717) is 32.1 Å². The van der Waals surface area contributed by atoms with Crippen LogP contribution in [0.5, 0.6) is 0 Å². The molecule has 25 nitrogen and oxygen atoms in total. The van der Waals surface area contributed by atoms with E-state index in [9.17, 15) is 33.6 Å². The Kier molecular flexibility index (Phi) is 69.8. The van der Waals surface area contributed by atoms with Crippen LogP contribution in [0.2, 0.25) is 0 Å². The number of amides is 3. The van der Waals surface area contributed by atoms with Crippen molar-refractivity contribution < 1.29 is 72.6 Å². The fourth-order valence-corrected chi connectivity index (χ4v) is 7.00. The molecule has 0 spiro atoms. The Balaban J connectivity index is -0.000000162. The van der Waals surface area contributed by atoms with Crippen LogP contribution in [0.25, 0.3) is 29.1 Å². The summed E-state index contributed by atoms with van der Waals surface area (Å²) in [5, 5.41) is 33.9. The normalized spacial score (nSPS) is 13.1. The number of carboxylic acids is 3. The molecule has 1 aliphatic carbocycles. The number of unbranched alkanes of at least 4 members (excludes halogenated alkanes) is 1. The number of nitrogens with one attached hydrogen (secondary N) is 3. The summed E-state index contributed by atoms with van der Waals surface area (Å²) in [6.45, 7) is 75.7. The van der Waals surface area contributed by atoms with Crippen molar-refractivity contribution in [1.29, 1.82) is 0 Å². The van der Waals surface area contributed by atoms with Gasteiger partial charge in [0.1, 0.15) is 41.5 Å². The molecule has 100 heavy (non-hydrogen) atoms. The van der Waals surface area contributed by atoms with Crippen LogP contribution in [0.1, 0.15) is 180 Å². The van der Waals surface area contributed by atoms with Gasteiger partial charge in [-0.15, -0.1) is 0 Å². The molecule has 1 saturated heterocycles. The monoisotopic (exact) mass is 1460 g/mol. The minimum atomic E-state index is -1.09. The van der Waals surface area contributed by atoms with E-state index < -0.39 is 71.1 Å². The Morgan fingerprint density at radius 2 is 1.01 bits per heavy atom. The van der Waals surface area contributed by atoms with E-state index in [1.165, 1.54) is 26.4 Å². The Labute approximate surface area is 619 Å². The molecule has 28 heteroatoms. The number of methoxy groups -OCH3 is 1. The number of nitrogens with zero attached hydrogens (tertiary/aromatic N) is 7. The van der Waals surface area contributed by atoms with Crippen LogP contribution >= 0.6 is 40.5 Å². The maximum Gasteiger partial charge on any atom is 0.408 e. The SMILES string of the molecule is CC(C)(C)OC(=O)NC(Cc1ccccc1)C(=O)O.CC(C)C(NC(=O)OC(C)(C)C)C(=O)O.CCC(C)C(NC(=O)OC(C)(C)C)C(=O)O.S.S.S.[C-]#[N+]C(C)(C)C.[C-]#[N+]C1CCCCC1.[C-]#[N+]CC(=O)COC.[C-]#[N+]CCCC.[C-]#[N+]CCN1CCOCC1.[C-]#[N+]Cc1ccccc1. The summed E-state index contributed by atoms with van der Waals surface area (Å²) in [6, 6.07) is 16.4. The lowest BCUT2D eigenvalue weighted by molar-refractivity contribution is -0.141. The lowest BCUT2D eigenvalue weighted by Gasteiger charge is -2.24. The summed E-state index contributed by atoms with van der Waals surface area (Å²) in [6.07, 6.45) is 7.20. The van der Waals surface area contributed by atoms with E-state index in [2.05, 4.69) is 61.6 Å². The molecular formula is C72H120N10O15S3. The van der Waals surface area contributed by atoms with E-state index in [0.717, 1.165) is 69.7 Å². The minimum absolute atomic E-state index is 0. The Morgan fingerprint density at radius 3 is 1.32 bits per heavy atom. The topological polar surface area (TPSA) is 292 Å². The molecule has 2 aromatic carbocycles. The van der Waals surface area contributed by atoms with Gasteiger partial charge in [0.15, 0.2) is 0 Å². The zero-order valence-corrected chi connectivity index (χ0v) is 65.5. The van der Waals surface area contributed by atoms with Crippen LogP contribution in [0.3, 0.4) is 0 Å². The molecule has 6 N–H and O–H groups in total. The summed E-state index contributed by atoms with van der Waals surface area (Å²) in [7, 11) is 1.43. The van der Waals surface area contributed by atoms with Gasteiger partial charge in [0.2, 0.25) is 37.0 Å². The summed E-state index contributed by atoms with van der Waals surface area (Å²) in [4.78, 5) is 99.0. The first-order valence-electron chi connectivity index (χ1n) is 32.3. The molecular weight excluding hydrogens is 1340 g/mol. The number of alkyl carbamates (subject to hydrolysis) is 3. The highest BCUT2D eigenvalue weighted by Crippen LogP contribution is 2.20. The average molecular weight is 1460 g/mol. The number of carbonyl (C=O) groups is 7. The van der Waals surface area contributed by atoms with Gasteiger partial charge < -0.3 is 84.0 Å². The molecule has 1 heterocycles. The Morgan fingerprint density at radius 1 is 0.590 bits per heavy atom. The molecule has 4 rings (SSSR count). The molecule has 0 aromatic heterocycles. The summed E-state index contributed by atoms with van der Waals surface area (Å²) < 4.78 is 24.6. The second-order valence-corrected chi connectivity index (χ2v) is 26.1. The van der Waals surface area contributed by atoms with Crippen molar-refractivity contribution in [3.05, 3.63) is 140 Å². The number of aliphatic carboxylic acids is 3. The molecule has 566 valence electrons. The van der Waals surface area contributed by atoms with Gasteiger partial charge in [-0.2, -0.15) is 40.5 Å². The number of hydrogen-bond donors (Lipinski definition) is 6. The first-order chi connectivity index (χ1) is 45.2. The molecule has 4 unspecified atom stereocenters. The van der Waals surface area contributed by atoms with Gasteiger partial charge in [0.25, 0.3) is 6.54 Å². The zero-order chi connectivity index (χ0) is 75.6. The second-order valence-electron chi connectivity index (χ2n) is 26.1. The molecule has 0 radical (unpaired) electrons. The predicted octanol–water partition coefficient (Wildman–Crippen LogP) is 14.3. The van der Waals surface area contributed by atoms with Crippen molar-refractivity contribution in [2.75, 3.05) is 66.2 Å². The summed E-state index contributed by atoms with van der Waals surface area (Å²) >= 11 is 0. The van der Waals surface area contributed by atoms with Gasteiger partial charge in [-0.1, -0.05) is 108 Å². The van der Waals surface area contributed by atoms with Crippen molar-refractivity contribution >= 4 is 82.5 Å². The van der Waals surface area contributed by atoms with Crippen LogP contribution in [0, 0.1) is 51.3 Å². The van der Waals surface area contributed by atoms with E-state index in [1.54, 1.807) is 83.1 Å². The molecule has 4 atom stereocenters. The summed E-state index contributed by atoms with van der Waals surface area (Å²) in [5.41, 5.74) is -0.134. The van der Waals surface area contributed by atoms with Crippen molar-refractivity contribution in [1.82, 2.24) is 20.9 Å². The zero-order valence-electron chi connectivity index (χ0n) is 62.5. The van der Waals surface area contributed by atoms with E-state index in [4.69, 9.17) is 73.7 Å². The van der Waals surface area contributed by atoms with E-state index in [-0.39, 0.29) is 83.2 Å². The van der Waals surface area contributed by atoms with Crippen LogP contribution < -0.4 is 16.0 Å². The van der Waals surface area contributed by atoms with Crippen LogP contribution in [0.15, 0.2) is 60.7 Å². The second kappa shape index (κ2) is 64.6. The number of carboxylic acid groups (broad SMARTS) is 3. The standard InChI is InChI=1S/C14H19NO4.C11H21NO4.C10H19NO4.C8H7N.C7H12N2O.C7H11N.C5H7NO2.2C5H9N.3H2S/c1-14(2,3)19-13(18)15-11(12(16)17)9-10-7-5-4-6-8-10;1-6-7(2)8(9(13)14)12-10(15)16-11(3,4)5;1-6(2)7(8(12)13)11-9(14)15-10(3,4)5;1-9-7-8-5-3-2-4-6-8;1-8-2-3-9-4-6-10-7-5-9;1-8-7-5-3-2-4-6-7;1-6-3-5(7)4-8-2;1-5(2,3)6-4;1-3-4-5-6-2;;;/h4-8,11H,9H2,1-3H3,(H,15,18)(H,16,17);7-8H,6H2,1-5H3,(H,12,15)(H,13,14);6-7H,1-5H3,(H,11,14)(H,12,13);2-6H,7H2;2-7H2;7H,2-6H2;3-4H2,2H3;1-3H3;3-5H2,1H3;3*1H2. The van der Waals surface area contributed by atoms with Crippen LogP contribution in [-0.2, 0) is 55.8 Å². The van der Waals surface area contributed by atoms with Gasteiger partial charge in [0, 0.05) is 72.2 Å². The van der Waals surface area contributed by atoms with E-state index >= 15 is 0 Å². The lowest BCUT2D eigenvalue weighted by atomic mass is 9.96. The molecule has 2 aliphatic rings. The fraction of sp³-hybridized carbons (Fsp3) is 0.653. The highest BCUT2D eigenvalue weighted by atomic mass is 32.1. The highest BCUT2D eigenvalue weighted by molar-refractivity contribution is 7.59. The number of ether oxygens (including phenoxy) is 5. The van der Waals surface area contributed by atoms with E-state index in [1.807, 2.05) is 88.4 Å². The van der Waals surface area contributed by atoms with Crippen molar-refractivity contribution in [3.63, 3.8) is 0 Å². The molecule has 2 aromatic rings. The number of morpholine rings is 1. The molecule has 1 saturated carbocycles. The van der Waals surface area contributed by atoms with Crippen LogP contribution in [-0.4, -0.2) is 175 Å². The quantitative estimate of drug-likeness (QED) is 0.0433. The van der Waals surface area contributed by atoms with Gasteiger partial charge in [-0.3, -0.25) is 9.69 Å². The minimum Gasteiger partial charge on any atom is -0.480 e. The number of carbonyl (C=O) groups excluding carboxylic acids is 4. The average Bonchev–Trinajstić information content (AvgIpc) is 0.906. The van der Waals surface area contributed by atoms with Gasteiger partial charge >= 0.3 is 36.2 Å². The Bertz CT molecular complexity index is 2760. The van der Waals surface area contributed by atoms with Crippen molar-refractivity contribution in [2.24, 2.45) is 11.8 Å². The smallest absolute Gasteiger partial charge is 0.408 e. The van der Waals surface area contributed by atoms with Crippen molar-refractivity contribution in [3.8, 4) is 0 Å². The molecule has 1 aliphatic heterocycles. The molecule has 3 amide bonds. The Hall–Kier alpha value is -7.80. The molecule has 0 bridgehead atoms. The number of Topliss-reactive ketones (excluding diaryl/α,β-unsaturated/α-hetero) is 1. The van der Waals surface area contributed by atoms with Gasteiger partial charge in [0.05, 0.1) is 19.8 Å². The van der Waals surface area contributed by atoms with Crippen LogP contribution in [0.4, 0.5) is 14.4 Å². The number of rotatable bonds is 19. The number of hydrogen-bond acceptors (Lipinski definition) is 13. The highest BCUT2D eigenvalue weighted by Gasteiger charge is 2.29. The maximum atomic E-state index is 11.6. The predicted molar refractivity (Wildman–Crippen MR) is 408 cm³/mol. The lowest BCUT2D eigenvalue weighted by Crippen LogP contribution is -2.46. The first kappa shape index (κ1) is 108. The maximum absolute atomic E-state index is 11.6. The molecule has 2 fully saturated rings. The first-order valence-corrected chi connectivity index (χ1v) is 32.3. The number of benzene rings is 2. The van der Waals surface area contributed by atoms with Gasteiger partial charge in [-0.05, 0) is 99.0 Å². The largest absolute Gasteiger partial charge is 0.480 e. The third-order valence-corrected chi connectivity index (χ3v) is 12.0. The number of ketones is 1.